The Kier molecular flexibility index (Phi) is 3.31. The normalized spacial score (nSPS) is 12.7. The summed E-state index contributed by atoms with van der Waals surface area (Å²) in [4.78, 5) is 4.18. The van der Waals surface area contributed by atoms with Gasteiger partial charge < -0.3 is 10.3 Å². The SMILES string of the molecule is Cc1cn(C(C)c2ccc(Cl)cc2Cl)c(N)n1. The molecule has 0 saturated carbocycles. The fraction of sp³-hybridized carbons (Fsp3) is 0.250. The van der Waals surface area contributed by atoms with Crippen molar-refractivity contribution >= 4 is 29.2 Å². The van der Waals surface area contributed by atoms with Crippen molar-refractivity contribution in [3.8, 4) is 0 Å². The highest BCUT2D eigenvalue weighted by Crippen LogP contribution is 2.29. The first-order valence-electron chi connectivity index (χ1n) is 5.25. The van der Waals surface area contributed by atoms with Crippen molar-refractivity contribution < 1.29 is 0 Å². The molecule has 0 aliphatic rings. The number of aromatic nitrogens is 2. The highest BCUT2D eigenvalue weighted by atomic mass is 35.5. The minimum Gasteiger partial charge on any atom is -0.369 e. The van der Waals surface area contributed by atoms with E-state index in [-0.39, 0.29) is 6.04 Å². The summed E-state index contributed by atoms with van der Waals surface area (Å²) in [7, 11) is 0. The molecule has 0 bridgehead atoms. The number of hydrogen-bond donors (Lipinski definition) is 1. The molecule has 0 amide bonds. The Balaban J connectivity index is 2.43. The number of imidazole rings is 1. The third-order valence-corrected chi connectivity index (χ3v) is 3.27. The van der Waals surface area contributed by atoms with Crippen LogP contribution in [0.2, 0.25) is 10.0 Å². The number of rotatable bonds is 2. The van der Waals surface area contributed by atoms with Crippen LogP contribution in [0.1, 0.15) is 24.2 Å². The van der Waals surface area contributed by atoms with Crippen LogP contribution in [0.3, 0.4) is 0 Å². The lowest BCUT2D eigenvalue weighted by Crippen LogP contribution is -2.09. The number of nitrogens with two attached hydrogens (primary N) is 1. The number of halogens is 2. The van der Waals surface area contributed by atoms with Crippen LogP contribution in [-0.4, -0.2) is 9.55 Å². The molecular weight excluding hydrogens is 257 g/mol. The van der Waals surface area contributed by atoms with E-state index in [0.29, 0.717) is 16.0 Å². The van der Waals surface area contributed by atoms with Crippen LogP contribution in [0.4, 0.5) is 5.95 Å². The average Bonchev–Trinajstić information content (AvgIpc) is 2.57. The zero-order valence-electron chi connectivity index (χ0n) is 9.61. The summed E-state index contributed by atoms with van der Waals surface area (Å²) in [5.41, 5.74) is 7.70. The molecule has 90 valence electrons. The van der Waals surface area contributed by atoms with Gasteiger partial charge in [0.15, 0.2) is 0 Å². The Hall–Kier alpha value is -1.19. The predicted molar refractivity (Wildman–Crippen MR) is 71.7 cm³/mol. The Morgan fingerprint density at radius 3 is 2.59 bits per heavy atom. The summed E-state index contributed by atoms with van der Waals surface area (Å²) in [6.07, 6.45) is 1.91. The largest absolute Gasteiger partial charge is 0.369 e. The van der Waals surface area contributed by atoms with Gasteiger partial charge in [0.2, 0.25) is 5.95 Å². The first-order chi connectivity index (χ1) is 7.99. The zero-order chi connectivity index (χ0) is 12.6. The third kappa shape index (κ3) is 2.40. The van der Waals surface area contributed by atoms with Crippen LogP contribution < -0.4 is 5.73 Å². The van der Waals surface area contributed by atoms with Gasteiger partial charge in [-0.1, -0.05) is 29.3 Å². The molecule has 5 heteroatoms. The highest BCUT2D eigenvalue weighted by molar-refractivity contribution is 6.35. The molecule has 0 radical (unpaired) electrons. The number of benzene rings is 1. The van der Waals surface area contributed by atoms with Gasteiger partial charge in [-0.25, -0.2) is 4.98 Å². The summed E-state index contributed by atoms with van der Waals surface area (Å²) in [6, 6.07) is 5.49. The van der Waals surface area contributed by atoms with E-state index in [0.717, 1.165) is 11.3 Å². The van der Waals surface area contributed by atoms with Gasteiger partial charge in [-0.2, -0.15) is 0 Å². The second-order valence-corrected chi connectivity index (χ2v) is 4.83. The van der Waals surface area contributed by atoms with Crippen molar-refractivity contribution in [2.45, 2.75) is 19.9 Å². The maximum Gasteiger partial charge on any atom is 0.200 e. The van der Waals surface area contributed by atoms with Crippen molar-refractivity contribution in [1.82, 2.24) is 9.55 Å². The van der Waals surface area contributed by atoms with Crippen molar-refractivity contribution in [3.05, 3.63) is 45.7 Å². The lowest BCUT2D eigenvalue weighted by molar-refractivity contribution is 0.648. The third-order valence-electron chi connectivity index (χ3n) is 2.71. The summed E-state index contributed by atoms with van der Waals surface area (Å²) in [5, 5.41) is 1.26. The molecule has 0 aliphatic heterocycles. The summed E-state index contributed by atoms with van der Waals surface area (Å²) >= 11 is 12.0. The van der Waals surface area contributed by atoms with Crippen molar-refractivity contribution in [1.29, 1.82) is 0 Å². The van der Waals surface area contributed by atoms with E-state index in [1.807, 2.05) is 36.7 Å². The smallest absolute Gasteiger partial charge is 0.200 e. The number of hydrogen-bond acceptors (Lipinski definition) is 2. The molecule has 3 nitrogen and oxygen atoms in total. The molecule has 17 heavy (non-hydrogen) atoms. The minimum atomic E-state index is 0.0287. The number of nitrogens with zero attached hydrogens (tertiary/aromatic N) is 2. The maximum atomic E-state index is 6.17. The molecular formula is C12H13Cl2N3. The van der Waals surface area contributed by atoms with Crippen LogP contribution in [0.15, 0.2) is 24.4 Å². The van der Waals surface area contributed by atoms with Crippen molar-refractivity contribution in [2.75, 3.05) is 5.73 Å². The van der Waals surface area contributed by atoms with Crippen molar-refractivity contribution in [3.63, 3.8) is 0 Å². The van der Waals surface area contributed by atoms with Gasteiger partial charge in [0.05, 0.1) is 11.7 Å². The summed E-state index contributed by atoms with van der Waals surface area (Å²) < 4.78 is 1.89. The Labute approximate surface area is 110 Å². The molecule has 2 aromatic rings. The van der Waals surface area contributed by atoms with Gasteiger partial charge in [-0.05, 0) is 31.5 Å². The molecule has 1 atom stereocenters. The summed E-state index contributed by atoms with van der Waals surface area (Å²) in [5.74, 6) is 0.487. The van der Waals surface area contributed by atoms with Gasteiger partial charge in [0, 0.05) is 16.2 Å². The Morgan fingerprint density at radius 2 is 2.06 bits per heavy atom. The van der Waals surface area contributed by atoms with E-state index in [2.05, 4.69) is 4.98 Å². The quantitative estimate of drug-likeness (QED) is 0.904. The van der Waals surface area contributed by atoms with E-state index in [1.165, 1.54) is 0 Å². The zero-order valence-corrected chi connectivity index (χ0v) is 11.1. The fourth-order valence-electron chi connectivity index (χ4n) is 1.84. The number of nitrogen functional groups attached to an aromatic ring is 1. The number of anilines is 1. The van der Waals surface area contributed by atoms with E-state index in [9.17, 15) is 0 Å². The van der Waals surface area contributed by atoms with Crippen LogP contribution in [-0.2, 0) is 0 Å². The van der Waals surface area contributed by atoms with Crippen LogP contribution >= 0.6 is 23.2 Å². The minimum absolute atomic E-state index is 0.0287. The maximum absolute atomic E-state index is 6.17. The molecule has 0 saturated heterocycles. The van der Waals surface area contributed by atoms with Gasteiger partial charge in [-0.3, -0.25) is 0 Å². The second-order valence-electron chi connectivity index (χ2n) is 3.99. The standard InChI is InChI=1S/C12H13Cl2N3/c1-7-6-17(12(15)16-7)8(2)10-4-3-9(13)5-11(10)14/h3-6,8H,1-2H3,(H2,15,16). The van der Waals surface area contributed by atoms with E-state index in [1.54, 1.807) is 6.07 Å². The van der Waals surface area contributed by atoms with Crippen LogP contribution in [0, 0.1) is 6.92 Å². The Bertz CT molecular complexity index is 549. The molecule has 0 fully saturated rings. The molecule has 0 aliphatic carbocycles. The Morgan fingerprint density at radius 1 is 1.35 bits per heavy atom. The van der Waals surface area contributed by atoms with Gasteiger partial charge in [-0.15, -0.1) is 0 Å². The van der Waals surface area contributed by atoms with Crippen molar-refractivity contribution in [2.24, 2.45) is 0 Å². The van der Waals surface area contributed by atoms with Crippen LogP contribution in [0.25, 0.3) is 0 Å². The van der Waals surface area contributed by atoms with Gasteiger partial charge >= 0.3 is 0 Å². The lowest BCUT2D eigenvalue weighted by Gasteiger charge is -2.16. The first-order valence-corrected chi connectivity index (χ1v) is 6.00. The molecule has 1 unspecified atom stereocenters. The topological polar surface area (TPSA) is 43.8 Å². The molecule has 2 N–H and O–H groups in total. The van der Waals surface area contributed by atoms with E-state index >= 15 is 0 Å². The van der Waals surface area contributed by atoms with E-state index in [4.69, 9.17) is 28.9 Å². The molecule has 2 rings (SSSR count). The second kappa shape index (κ2) is 4.59. The molecule has 1 heterocycles. The highest BCUT2D eigenvalue weighted by Gasteiger charge is 2.14. The predicted octanol–water partition coefficient (Wildman–Crippen LogP) is 3.69. The van der Waals surface area contributed by atoms with Gasteiger partial charge in [0.1, 0.15) is 0 Å². The average molecular weight is 270 g/mol. The monoisotopic (exact) mass is 269 g/mol. The molecule has 1 aromatic carbocycles. The summed E-state index contributed by atoms with van der Waals surface area (Å²) in [6.45, 7) is 3.93. The number of aryl methyl sites for hydroxylation is 1. The van der Waals surface area contributed by atoms with Gasteiger partial charge in [0.25, 0.3) is 0 Å². The fourth-order valence-corrected chi connectivity index (χ4v) is 2.40. The van der Waals surface area contributed by atoms with Crippen LogP contribution in [0.5, 0.6) is 0 Å². The molecule has 1 aromatic heterocycles. The lowest BCUT2D eigenvalue weighted by atomic mass is 10.1. The molecule has 0 spiro atoms. The van der Waals surface area contributed by atoms with E-state index < -0.39 is 0 Å². The first kappa shape index (κ1) is 12.3.